The van der Waals surface area contributed by atoms with E-state index in [1.54, 1.807) is 6.92 Å². The van der Waals surface area contributed by atoms with Crippen molar-refractivity contribution in [1.29, 1.82) is 0 Å². The van der Waals surface area contributed by atoms with Crippen LogP contribution in [0.25, 0.3) is 0 Å². The first-order chi connectivity index (χ1) is 9.08. The smallest absolute Gasteiger partial charge is 0.242 e. The predicted octanol–water partition coefficient (Wildman–Crippen LogP) is 1.17. The van der Waals surface area contributed by atoms with Gasteiger partial charge < -0.3 is 16.4 Å². The third-order valence-electron chi connectivity index (χ3n) is 3.60. The molecule has 4 unspecified atom stereocenters. The maximum atomic E-state index is 12.2. The van der Waals surface area contributed by atoms with E-state index in [1.807, 2.05) is 20.8 Å². The summed E-state index contributed by atoms with van der Waals surface area (Å²) >= 11 is 0. The monoisotopic (exact) mass is 283 g/mol. The van der Waals surface area contributed by atoms with Crippen LogP contribution in [0.5, 0.6) is 0 Å². The Bertz CT molecular complexity index is 353. The molecule has 5 heteroatoms. The van der Waals surface area contributed by atoms with Crippen molar-refractivity contribution in [1.82, 2.24) is 10.6 Å². The number of nitrogens with one attached hydrogen (secondary N) is 2. The molecule has 0 aromatic rings. The van der Waals surface area contributed by atoms with E-state index >= 15 is 0 Å². The molecule has 1 aliphatic rings. The Morgan fingerprint density at radius 2 is 1.80 bits per heavy atom. The third-order valence-corrected chi connectivity index (χ3v) is 3.60. The highest BCUT2D eigenvalue weighted by atomic mass is 16.2. The van der Waals surface area contributed by atoms with Crippen LogP contribution in [0.4, 0.5) is 0 Å². The summed E-state index contributed by atoms with van der Waals surface area (Å²) in [6.07, 6.45) is 2.54. The van der Waals surface area contributed by atoms with Crippen molar-refractivity contribution in [3.63, 3.8) is 0 Å². The normalized spacial score (nSPS) is 28.6. The lowest BCUT2D eigenvalue weighted by Gasteiger charge is -2.31. The van der Waals surface area contributed by atoms with Gasteiger partial charge in [-0.1, -0.05) is 6.92 Å². The van der Waals surface area contributed by atoms with Gasteiger partial charge in [-0.2, -0.15) is 0 Å². The Labute approximate surface area is 122 Å². The molecule has 1 aliphatic carbocycles. The van der Waals surface area contributed by atoms with Crippen LogP contribution in [-0.4, -0.2) is 29.4 Å². The number of nitrogens with two attached hydrogens (primary N) is 1. The molecule has 1 saturated carbocycles. The van der Waals surface area contributed by atoms with Gasteiger partial charge in [0.1, 0.15) is 6.04 Å². The molecule has 0 spiro atoms. The van der Waals surface area contributed by atoms with E-state index < -0.39 is 6.04 Å². The molecule has 0 radical (unpaired) electrons. The van der Waals surface area contributed by atoms with Gasteiger partial charge in [0.05, 0.1) is 0 Å². The zero-order chi connectivity index (χ0) is 15.5. The van der Waals surface area contributed by atoms with E-state index in [1.165, 1.54) is 0 Å². The number of carbonyl (C=O) groups is 2. The van der Waals surface area contributed by atoms with E-state index in [0.717, 1.165) is 12.8 Å². The second-order valence-corrected chi connectivity index (χ2v) is 7.24. The summed E-state index contributed by atoms with van der Waals surface area (Å²) in [6, 6.07) is -0.427. The predicted molar refractivity (Wildman–Crippen MR) is 80.0 cm³/mol. The number of hydrogen-bond donors (Lipinski definition) is 3. The largest absolute Gasteiger partial charge is 0.350 e. The van der Waals surface area contributed by atoms with Crippen LogP contribution in [-0.2, 0) is 9.59 Å². The summed E-state index contributed by atoms with van der Waals surface area (Å²) in [6.45, 7) is 9.59. The maximum absolute atomic E-state index is 12.2. The Kier molecular flexibility index (Phi) is 5.57. The summed E-state index contributed by atoms with van der Waals surface area (Å²) in [5.74, 6) is 0.189. The number of rotatable bonds is 3. The molecule has 0 aromatic heterocycles. The quantitative estimate of drug-likeness (QED) is 0.727. The van der Waals surface area contributed by atoms with Gasteiger partial charge in [0.25, 0.3) is 0 Å². The first kappa shape index (κ1) is 17.0. The fourth-order valence-corrected chi connectivity index (χ4v) is 2.75. The van der Waals surface area contributed by atoms with Crippen LogP contribution < -0.4 is 16.4 Å². The highest BCUT2D eigenvalue weighted by Gasteiger charge is 2.31. The summed E-state index contributed by atoms with van der Waals surface area (Å²) in [7, 11) is 0. The lowest BCUT2D eigenvalue weighted by atomic mass is 9.79. The first-order valence-corrected chi connectivity index (χ1v) is 7.46. The lowest BCUT2D eigenvalue weighted by Crippen LogP contribution is -2.52. The fraction of sp³-hybridized carbons (Fsp3) is 0.867. The average molecular weight is 283 g/mol. The molecule has 4 N–H and O–H groups in total. The maximum Gasteiger partial charge on any atom is 0.242 e. The van der Waals surface area contributed by atoms with Crippen molar-refractivity contribution >= 4 is 11.8 Å². The van der Waals surface area contributed by atoms with Crippen LogP contribution >= 0.6 is 0 Å². The Morgan fingerprint density at radius 1 is 1.20 bits per heavy atom. The minimum Gasteiger partial charge on any atom is -0.350 e. The van der Waals surface area contributed by atoms with Crippen LogP contribution in [0, 0.1) is 11.8 Å². The Balaban J connectivity index is 2.51. The van der Waals surface area contributed by atoms with E-state index in [9.17, 15) is 9.59 Å². The van der Waals surface area contributed by atoms with Crippen LogP contribution in [0.2, 0.25) is 0 Å². The molecule has 2 amide bonds. The second kappa shape index (κ2) is 6.57. The molecular weight excluding hydrogens is 254 g/mol. The molecule has 0 saturated heterocycles. The molecule has 1 rings (SSSR count). The zero-order valence-electron chi connectivity index (χ0n) is 13.3. The summed E-state index contributed by atoms with van der Waals surface area (Å²) < 4.78 is 0. The fourth-order valence-electron chi connectivity index (χ4n) is 2.75. The van der Waals surface area contributed by atoms with Crippen molar-refractivity contribution in [3.8, 4) is 0 Å². The SMILES string of the molecule is CC1CC(N)CC(C(=O)NC(C)C(=O)NC(C)(C)C)C1. The van der Waals surface area contributed by atoms with Crippen molar-refractivity contribution in [2.75, 3.05) is 0 Å². The van der Waals surface area contributed by atoms with Gasteiger partial charge in [-0.05, 0) is 52.9 Å². The minimum absolute atomic E-state index is 0.0523. The highest BCUT2D eigenvalue weighted by Crippen LogP contribution is 2.28. The van der Waals surface area contributed by atoms with E-state index in [-0.39, 0.29) is 29.3 Å². The minimum atomic E-state index is -0.518. The second-order valence-electron chi connectivity index (χ2n) is 7.24. The molecule has 4 atom stereocenters. The molecule has 5 nitrogen and oxygen atoms in total. The van der Waals surface area contributed by atoms with Gasteiger partial charge in [-0.3, -0.25) is 9.59 Å². The van der Waals surface area contributed by atoms with Crippen LogP contribution in [0.1, 0.15) is 53.9 Å². The van der Waals surface area contributed by atoms with Crippen LogP contribution in [0.3, 0.4) is 0 Å². The number of amides is 2. The topological polar surface area (TPSA) is 84.2 Å². The molecular formula is C15H29N3O2. The molecule has 0 aliphatic heterocycles. The van der Waals surface area contributed by atoms with Gasteiger partial charge in [-0.25, -0.2) is 0 Å². The van der Waals surface area contributed by atoms with Crippen LogP contribution in [0.15, 0.2) is 0 Å². The summed E-state index contributed by atoms with van der Waals surface area (Å²) in [5, 5.41) is 5.67. The summed E-state index contributed by atoms with van der Waals surface area (Å²) in [5.41, 5.74) is 5.67. The average Bonchev–Trinajstić information content (AvgIpc) is 2.25. The van der Waals surface area contributed by atoms with E-state index in [0.29, 0.717) is 12.3 Å². The highest BCUT2D eigenvalue weighted by molar-refractivity contribution is 5.88. The lowest BCUT2D eigenvalue weighted by molar-refractivity contribution is -0.132. The van der Waals surface area contributed by atoms with Crippen molar-refractivity contribution in [3.05, 3.63) is 0 Å². The molecule has 116 valence electrons. The van der Waals surface area contributed by atoms with Crippen molar-refractivity contribution in [2.45, 2.75) is 71.5 Å². The van der Waals surface area contributed by atoms with Gasteiger partial charge in [0, 0.05) is 17.5 Å². The van der Waals surface area contributed by atoms with E-state index in [2.05, 4.69) is 17.6 Å². The molecule has 0 aromatic carbocycles. The number of carbonyl (C=O) groups excluding carboxylic acids is 2. The standard InChI is InChI=1S/C15H29N3O2/c1-9-6-11(8-12(16)7-9)14(20)17-10(2)13(19)18-15(3,4)5/h9-12H,6-8,16H2,1-5H3,(H,17,20)(H,18,19). The molecule has 0 heterocycles. The Morgan fingerprint density at radius 3 is 2.30 bits per heavy atom. The zero-order valence-corrected chi connectivity index (χ0v) is 13.3. The van der Waals surface area contributed by atoms with E-state index in [4.69, 9.17) is 5.73 Å². The summed E-state index contributed by atoms with van der Waals surface area (Å²) in [4.78, 5) is 24.2. The first-order valence-electron chi connectivity index (χ1n) is 7.46. The Hall–Kier alpha value is -1.10. The van der Waals surface area contributed by atoms with Gasteiger partial charge in [-0.15, -0.1) is 0 Å². The third kappa shape index (κ3) is 5.49. The molecule has 1 fully saturated rings. The molecule has 0 bridgehead atoms. The van der Waals surface area contributed by atoms with Gasteiger partial charge in [0.2, 0.25) is 11.8 Å². The van der Waals surface area contributed by atoms with Crippen molar-refractivity contribution in [2.24, 2.45) is 17.6 Å². The molecule has 20 heavy (non-hydrogen) atoms. The number of hydrogen-bond acceptors (Lipinski definition) is 3. The van der Waals surface area contributed by atoms with Gasteiger partial charge >= 0.3 is 0 Å². The van der Waals surface area contributed by atoms with Crippen molar-refractivity contribution < 1.29 is 9.59 Å². The van der Waals surface area contributed by atoms with Gasteiger partial charge in [0.15, 0.2) is 0 Å².